The van der Waals surface area contributed by atoms with Crippen LogP contribution in [0.4, 0.5) is 5.69 Å². The molecule has 1 unspecified atom stereocenters. The lowest BCUT2D eigenvalue weighted by Crippen LogP contribution is -2.21. The fraction of sp³-hybridized carbons (Fsp3) is 0.353. The highest BCUT2D eigenvalue weighted by atomic mass is 16.5. The molecule has 3 nitrogen and oxygen atoms in total. The Labute approximate surface area is 121 Å². The van der Waals surface area contributed by atoms with Crippen molar-refractivity contribution >= 4 is 5.69 Å². The largest absolute Gasteiger partial charge is 0.478 e. The van der Waals surface area contributed by atoms with Gasteiger partial charge in [-0.1, -0.05) is 37.3 Å². The standard InChI is InChI=1S/C17H22N2O/c1-3-15(12-14-8-6-5-7-9-14)19-16-10-11-17(18-13-16)20-4-2/h5-11,13,15,19H,3-4,12H2,1-2H3. The van der Waals surface area contributed by atoms with Crippen molar-refractivity contribution < 1.29 is 4.74 Å². The minimum atomic E-state index is 0.414. The molecule has 1 atom stereocenters. The van der Waals surface area contributed by atoms with Gasteiger partial charge in [0.25, 0.3) is 0 Å². The first-order valence-electron chi connectivity index (χ1n) is 7.21. The summed E-state index contributed by atoms with van der Waals surface area (Å²) in [6.07, 6.45) is 3.92. The molecular weight excluding hydrogens is 248 g/mol. The topological polar surface area (TPSA) is 34.1 Å². The number of pyridine rings is 1. The summed E-state index contributed by atoms with van der Waals surface area (Å²) in [5.41, 5.74) is 2.39. The second-order valence-electron chi connectivity index (χ2n) is 4.76. The number of ether oxygens (including phenoxy) is 1. The molecule has 0 fully saturated rings. The van der Waals surface area contributed by atoms with Gasteiger partial charge in [0, 0.05) is 12.1 Å². The highest BCUT2D eigenvalue weighted by Gasteiger charge is 2.07. The molecule has 0 aliphatic rings. The zero-order valence-electron chi connectivity index (χ0n) is 12.2. The number of aromatic nitrogens is 1. The summed E-state index contributed by atoms with van der Waals surface area (Å²) in [6.45, 7) is 4.80. The smallest absolute Gasteiger partial charge is 0.213 e. The summed E-state index contributed by atoms with van der Waals surface area (Å²) >= 11 is 0. The van der Waals surface area contributed by atoms with Crippen molar-refractivity contribution in [1.82, 2.24) is 4.98 Å². The van der Waals surface area contributed by atoms with E-state index in [1.807, 2.05) is 31.3 Å². The highest BCUT2D eigenvalue weighted by molar-refractivity contribution is 5.43. The van der Waals surface area contributed by atoms with E-state index in [1.54, 1.807) is 0 Å². The Kier molecular flexibility index (Phi) is 5.42. The van der Waals surface area contributed by atoms with Crippen LogP contribution in [-0.4, -0.2) is 17.6 Å². The van der Waals surface area contributed by atoms with Crippen LogP contribution in [0.5, 0.6) is 5.88 Å². The van der Waals surface area contributed by atoms with Crippen molar-refractivity contribution in [2.75, 3.05) is 11.9 Å². The van der Waals surface area contributed by atoms with Crippen molar-refractivity contribution in [2.24, 2.45) is 0 Å². The van der Waals surface area contributed by atoms with E-state index in [2.05, 4.69) is 41.5 Å². The Morgan fingerprint density at radius 3 is 2.50 bits per heavy atom. The SMILES string of the molecule is CCOc1ccc(NC(CC)Cc2ccccc2)cn1. The minimum Gasteiger partial charge on any atom is -0.478 e. The molecule has 2 aromatic rings. The van der Waals surface area contributed by atoms with Gasteiger partial charge in [-0.15, -0.1) is 0 Å². The molecule has 1 N–H and O–H groups in total. The first-order valence-corrected chi connectivity index (χ1v) is 7.21. The third-order valence-corrected chi connectivity index (χ3v) is 3.22. The van der Waals surface area contributed by atoms with Gasteiger partial charge in [0.05, 0.1) is 18.5 Å². The van der Waals surface area contributed by atoms with E-state index in [4.69, 9.17) is 4.74 Å². The van der Waals surface area contributed by atoms with Crippen molar-refractivity contribution in [3.8, 4) is 5.88 Å². The van der Waals surface area contributed by atoms with Gasteiger partial charge in [0.2, 0.25) is 5.88 Å². The van der Waals surface area contributed by atoms with E-state index >= 15 is 0 Å². The average Bonchev–Trinajstić information content (AvgIpc) is 2.50. The summed E-state index contributed by atoms with van der Waals surface area (Å²) < 4.78 is 5.35. The normalized spacial score (nSPS) is 11.9. The summed E-state index contributed by atoms with van der Waals surface area (Å²) in [4.78, 5) is 4.28. The average molecular weight is 270 g/mol. The van der Waals surface area contributed by atoms with Gasteiger partial charge in [-0.3, -0.25) is 0 Å². The summed E-state index contributed by atoms with van der Waals surface area (Å²) in [5.74, 6) is 0.675. The molecule has 1 aromatic heterocycles. The van der Waals surface area contributed by atoms with Crippen LogP contribution in [0, 0.1) is 0 Å². The number of nitrogens with zero attached hydrogens (tertiary/aromatic N) is 1. The molecule has 2 rings (SSSR count). The highest BCUT2D eigenvalue weighted by Crippen LogP contribution is 2.15. The molecule has 0 spiro atoms. The Bertz CT molecular complexity index is 496. The first kappa shape index (κ1) is 14.4. The van der Waals surface area contributed by atoms with Gasteiger partial charge in [0.15, 0.2) is 0 Å². The van der Waals surface area contributed by atoms with E-state index in [0.717, 1.165) is 18.5 Å². The number of hydrogen-bond donors (Lipinski definition) is 1. The predicted molar refractivity (Wildman–Crippen MR) is 83.3 cm³/mol. The third-order valence-electron chi connectivity index (χ3n) is 3.22. The van der Waals surface area contributed by atoms with Crippen molar-refractivity contribution in [3.63, 3.8) is 0 Å². The van der Waals surface area contributed by atoms with Gasteiger partial charge < -0.3 is 10.1 Å². The van der Waals surface area contributed by atoms with Crippen LogP contribution in [-0.2, 0) is 6.42 Å². The van der Waals surface area contributed by atoms with Gasteiger partial charge in [-0.2, -0.15) is 0 Å². The van der Waals surface area contributed by atoms with Crippen LogP contribution in [0.3, 0.4) is 0 Å². The predicted octanol–water partition coefficient (Wildman–Crippen LogP) is 3.91. The zero-order chi connectivity index (χ0) is 14.2. The fourth-order valence-electron chi connectivity index (χ4n) is 2.13. The van der Waals surface area contributed by atoms with Crippen molar-refractivity contribution in [2.45, 2.75) is 32.7 Å². The molecule has 0 bridgehead atoms. The van der Waals surface area contributed by atoms with Gasteiger partial charge in [-0.05, 0) is 31.4 Å². The molecule has 0 saturated heterocycles. The first-order chi connectivity index (χ1) is 9.81. The molecule has 0 amide bonds. The molecule has 0 radical (unpaired) electrons. The lowest BCUT2D eigenvalue weighted by molar-refractivity contribution is 0.327. The molecule has 0 saturated carbocycles. The number of rotatable bonds is 7. The Morgan fingerprint density at radius 1 is 1.10 bits per heavy atom. The quantitative estimate of drug-likeness (QED) is 0.828. The molecular formula is C17H22N2O. The van der Waals surface area contributed by atoms with Gasteiger partial charge in [-0.25, -0.2) is 4.98 Å². The van der Waals surface area contributed by atoms with Crippen LogP contribution < -0.4 is 10.1 Å². The minimum absolute atomic E-state index is 0.414. The fourth-order valence-corrected chi connectivity index (χ4v) is 2.13. The molecule has 1 aromatic carbocycles. The number of benzene rings is 1. The molecule has 1 heterocycles. The second-order valence-corrected chi connectivity index (χ2v) is 4.76. The molecule has 3 heteroatoms. The number of hydrogen-bond acceptors (Lipinski definition) is 3. The molecule has 0 aliphatic heterocycles. The van der Waals surface area contributed by atoms with E-state index < -0.39 is 0 Å². The lowest BCUT2D eigenvalue weighted by atomic mass is 10.0. The van der Waals surface area contributed by atoms with E-state index in [-0.39, 0.29) is 0 Å². The lowest BCUT2D eigenvalue weighted by Gasteiger charge is -2.18. The third kappa shape index (κ3) is 4.26. The summed E-state index contributed by atoms with van der Waals surface area (Å²) in [5, 5.41) is 3.53. The van der Waals surface area contributed by atoms with Crippen molar-refractivity contribution in [1.29, 1.82) is 0 Å². The van der Waals surface area contributed by atoms with Crippen LogP contribution in [0.1, 0.15) is 25.8 Å². The van der Waals surface area contributed by atoms with Gasteiger partial charge in [0.1, 0.15) is 0 Å². The summed E-state index contributed by atoms with van der Waals surface area (Å²) in [7, 11) is 0. The monoisotopic (exact) mass is 270 g/mol. The maximum Gasteiger partial charge on any atom is 0.213 e. The Balaban J connectivity index is 1.95. The van der Waals surface area contributed by atoms with Crippen LogP contribution in [0.15, 0.2) is 48.7 Å². The van der Waals surface area contributed by atoms with E-state index in [1.165, 1.54) is 5.56 Å². The molecule has 0 aliphatic carbocycles. The Hall–Kier alpha value is -2.03. The van der Waals surface area contributed by atoms with Crippen LogP contribution >= 0.6 is 0 Å². The molecule has 20 heavy (non-hydrogen) atoms. The van der Waals surface area contributed by atoms with E-state index in [9.17, 15) is 0 Å². The van der Waals surface area contributed by atoms with E-state index in [0.29, 0.717) is 18.5 Å². The summed E-state index contributed by atoms with van der Waals surface area (Å²) in [6, 6.07) is 14.9. The maximum atomic E-state index is 5.35. The van der Waals surface area contributed by atoms with Gasteiger partial charge >= 0.3 is 0 Å². The van der Waals surface area contributed by atoms with Crippen LogP contribution in [0.2, 0.25) is 0 Å². The second kappa shape index (κ2) is 7.53. The number of anilines is 1. The van der Waals surface area contributed by atoms with Crippen molar-refractivity contribution in [3.05, 3.63) is 54.2 Å². The Morgan fingerprint density at radius 2 is 1.90 bits per heavy atom. The maximum absolute atomic E-state index is 5.35. The zero-order valence-corrected chi connectivity index (χ0v) is 12.2. The number of nitrogens with one attached hydrogen (secondary N) is 1. The molecule has 106 valence electrons. The van der Waals surface area contributed by atoms with Crippen LogP contribution in [0.25, 0.3) is 0 Å².